The summed E-state index contributed by atoms with van der Waals surface area (Å²) in [7, 11) is 0. The number of hydrogen-bond acceptors (Lipinski definition) is 6. The van der Waals surface area contributed by atoms with Gasteiger partial charge in [0.1, 0.15) is 5.76 Å². The zero-order chi connectivity index (χ0) is 18.9. The van der Waals surface area contributed by atoms with Crippen LogP contribution >= 0.6 is 0 Å². The zero-order valence-corrected chi connectivity index (χ0v) is 15.9. The van der Waals surface area contributed by atoms with E-state index in [1.807, 2.05) is 13.8 Å². The van der Waals surface area contributed by atoms with Gasteiger partial charge in [0.25, 0.3) is 5.91 Å². The molecule has 1 spiro atoms. The van der Waals surface area contributed by atoms with Crippen molar-refractivity contribution >= 4 is 5.91 Å². The zero-order valence-electron chi connectivity index (χ0n) is 15.9. The van der Waals surface area contributed by atoms with Gasteiger partial charge in [0.2, 0.25) is 0 Å². The molecule has 0 aromatic carbocycles. The van der Waals surface area contributed by atoms with E-state index in [1.54, 1.807) is 24.5 Å². The van der Waals surface area contributed by atoms with Crippen molar-refractivity contribution in [2.45, 2.75) is 38.8 Å². The molecule has 2 saturated heterocycles. The molecule has 2 aromatic heterocycles. The standard InChI is InChI=1S/C20H26N4O3/c1-14-18(15(2)27-23-14)11-24-12-20(13-24)17(6-10-26-20)5-9-22-19(25)16-3-7-21-8-4-16/h3-4,7-8,17H,5-6,9-13H2,1-2H3,(H,22,25)/t17-/m1/s1. The maximum absolute atomic E-state index is 12.2. The Labute approximate surface area is 159 Å². The highest BCUT2D eigenvalue weighted by Gasteiger charge is 2.52. The van der Waals surface area contributed by atoms with Crippen LogP contribution in [0.25, 0.3) is 0 Å². The van der Waals surface area contributed by atoms with Gasteiger partial charge in [-0.25, -0.2) is 0 Å². The molecule has 0 aliphatic carbocycles. The lowest BCUT2D eigenvalue weighted by molar-refractivity contribution is -0.136. The van der Waals surface area contributed by atoms with Crippen molar-refractivity contribution in [2.75, 3.05) is 26.2 Å². The van der Waals surface area contributed by atoms with Crippen molar-refractivity contribution in [1.29, 1.82) is 0 Å². The first kappa shape index (κ1) is 18.1. The van der Waals surface area contributed by atoms with Gasteiger partial charge in [-0.1, -0.05) is 5.16 Å². The molecule has 1 atom stereocenters. The topological polar surface area (TPSA) is 80.5 Å². The van der Waals surface area contributed by atoms with Crippen LogP contribution in [-0.4, -0.2) is 52.8 Å². The van der Waals surface area contributed by atoms with E-state index in [2.05, 4.69) is 20.4 Å². The van der Waals surface area contributed by atoms with Crippen LogP contribution in [0.3, 0.4) is 0 Å². The molecule has 7 heteroatoms. The molecule has 27 heavy (non-hydrogen) atoms. The number of rotatable bonds is 6. The fourth-order valence-electron chi connectivity index (χ4n) is 4.28. The number of pyridine rings is 1. The average molecular weight is 370 g/mol. The number of nitrogens with one attached hydrogen (secondary N) is 1. The third-order valence-electron chi connectivity index (χ3n) is 5.87. The SMILES string of the molecule is Cc1noc(C)c1CN1CC2(C1)OCC[C@H]2CCNC(=O)c1ccncc1. The highest BCUT2D eigenvalue weighted by Crippen LogP contribution is 2.42. The van der Waals surface area contributed by atoms with Gasteiger partial charge in [0.15, 0.2) is 0 Å². The van der Waals surface area contributed by atoms with Crippen LogP contribution in [0.4, 0.5) is 0 Å². The minimum absolute atomic E-state index is 0.0426. The number of aryl methyl sites for hydroxylation is 2. The van der Waals surface area contributed by atoms with E-state index in [-0.39, 0.29) is 11.5 Å². The molecule has 1 amide bonds. The summed E-state index contributed by atoms with van der Waals surface area (Å²) in [6.07, 6.45) is 5.27. The normalized spacial score (nSPS) is 21.3. The quantitative estimate of drug-likeness (QED) is 0.839. The number of nitrogens with zero attached hydrogens (tertiary/aromatic N) is 3. The first-order valence-electron chi connectivity index (χ1n) is 9.54. The first-order valence-corrected chi connectivity index (χ1v) is 9.54. The van der Waals surface area contributed by atoms with E-state index in [1.165, 1.54) is 5.56 Å². The molecule has 4 rings (SSSR count). The summed E-state index contributed by atoms with van der Waals surface area (Å²) in [6, 6.07) is 3.46. The summed E-state index contributed by atoms with van der Waals surface area (Å²) in [5.74, 6) is 1.34. The summed E-state index contributed by atoms with van der Waals surface area (Å²) in [4.78, 5) is 18.5. The largest absolute Gasteiger partial charge is 0.372 e. The summed E-state index contributed by atoms with van der Waals surface area (Å²) < 4.78 is 11.4. The fraction of sp³-hybridized carbons (Fsp3) is 0.550. The number of aromatic nitrogens is 2. The van der Waals surface area contributed by atoms with Gasteiger partial charge in [-0.05, 0) is 44.7 Å². The van der Waals surface area contributed by atoms with Gasteiger partial charge >= 0.3 is 0 Å². The van der Waals surface area contributed by atoms with Crippen molar-refractivity contribution in [2.24, 2.45) is 5.92 Å². The van der Waals surface area contributed by atoms with Crippen molar-refractivity contribution in [3.8, 4) is 0 Å². The van der Waals surface area contributed by atoms with Crippen LogP contribution in [0.1, 0.15) is 40.2 Å². The second-order valence-electron chi connectivity index (χ2n) is 7.63. The third-order valence-corrected chi connectivity index (χ3v) is 5.87. The fourth-order valence-corrected chi connectivity index (χ4v) is 4.28. The number of likely N-dealkylation sites (tertiary alicyclic amines) is 1. The Kier molecular flexibility index (Phi) is 4.97. The van der Waals surface area contributed by atoms with E-state index in [9.17, 15) is 4.79 Å². The number of ether oxygens (including phenoxy) is 1. The molecular formula is C20H26N4O3. The molecule has 0 radical (unpaired) electrons. The summed E-state index contributed by atoms with van der Waals surface area (Å²) >= 11 is 0. The number of amides is 1. The van der Waals surface area contributed by atoms with Gasteiger partial charge in [0, 0.05) is 56.3 Å². The van der Waals surface area contributed by atoms with Crippen LogP contribution in [0, 0.1) is 19.8 Å². The van der Waals surface area contributed by atoms with Crippen molar-refractivity contribution in [3.05, 3.63) is 47.1 Å². The summed E-state index contributed by atoms with van der Waals surface area (Å²) in [5.41, 5.74) is 2.75. The molecule has 1 N–H and O–H groups in total. The minimum atomic E-state index is -0.0552. The number of carbonyl (C=O) groups excluding carboxylic acids is 1. The van der Waals surface area contributed by atoms with Gasteiger partial charge in [-0.15, -0.1) is 0 Å². The van der Waals surface area contributed by atoms with Crippen LogP contribution in [0.5, 0.6) is 0 Å². The van der Waals surface area contributed by atoms with Crippen molar-refractivity contribution < 1.29 is 14.1 Å². The second-order valence-corrected chi connectivity index (χ2v) is 7.63. The molecule has 4 heterocycles. The molecule has 0 bridgehead atoms. The molecule has 7 nitrogen and oxygen atoms in total. The third kappa shape index (κ3) is 3.61. The smallest absolute Gasteiger partial charge is 0.251 e. The van der Waals surface area contributed by atoms with Gasteiger partial charge < -0.3 is 14.6 Å². The van der Waals surface area contributed by atoms with Crippen molar-refractivity contribution in [3.63, 3.8) is 0 Å². The van der Waals surface area contributed by atoms with E-state index in [0.717, 1.165) is 50.5 Å². The Bertz CT molecular complexity index is 779. The van der Waals surface area contributed by atoms with Crippen LogP contribution in [-0.2, 0) is 11.3 Å². The van der Waals surface area contributed by atoms with Gasteiger partial charge in [-0.2, -0.15) is 0 Å². The van der Waals surface area contributed by atoms with E-state index < -0.39 is 0 Å². The Morgan fingerprint density at radius 1 is 1.33 bits per heavy atom. The molecule has 144 valence electrons. The monoisotopic (exact) mass is 370 g/mol. The van der Waals surface area contributed by atoms with Crippen molar-refractivity contribution in [1.82, 2.24) is 20.4 Å². The maximum Gasteiger partial charge on any atom is 0.251 e. The van der Waals surface area contributed by atoms with Crippen LogP contribution in [0.15, 0.2) is 29.0 Å². The highest BCUT2D eigenvalue weighted by atomic mass is 16.5. The predicted octanol–water partition coefficient (Wildman–Crippen LogP) is 2.10. The summed E-state index contributed by atoms with van der Waals surface area (Å²) in [6.45, 7) is 8.15. The molecule has 0 unspecified atom stereocenters. The molecule has 0 saturated carbocycles. The Hall–Kier alpha value is -2.25. The average Bonchev–Trinajstić information content (AvgIpc) is 3.20. The predicted molar refractivity (Wildman–Crippen MR) is 99.2 cm³/mol. The lowest BCUT2D eigenvalue weighted by Crippen LogP contribution is -2.64. The lowest BCUT2D eigenvalue weighted by Gasteiger charge is -2.50. The number of hydrogen-bond donors (Lipinski definition) is 1. The molecule has 2 aliphatic heterocycles. The highest BCUT2D eigenvalue weighted by molar-refractivity contribution is 5.93. The summed E-state index contributed by atoms with van der Waals surface area (Å²) in [5, 5.41) is 7.05. The van der Waals surface area contributed by atoms with E-state index in [4.69, 9.17) is 9.26 Å². The molecule has 2 aliphatic rings. The molecular weight excluding hydrogens is 344 g/mol. The second kappa shape index (κ2) is 7.40. The van der Waals surface area contributed by atoms with E-state index in [0.29, 0.717) is 18.0 Å². The lowest BCUT2D eigenvalue weighted by atomic mass is 9.78. The minimum Gasteiger partial charge on any atom is -0.372 e. The van der Waals surface area contributed by atoms with Gasteiger partial charge in [0.05, 0.1) is 11.3 Å². The van der Waals surface area contributed by atoms with Crippen LogP contribution < -0.4 is 5.32 Å². The Morgan fingerprint density at radius 3 is 2.81 bits per heavy atom. The number of carbonyl (C=O) groups is 1. The first-order chi connectivity index (χ1) is 13.1. The Morgan fingerprint density at radius 2 is 2.11 bits per heavy atom. The molecule has 2 fully saturated rings. The van der Waals surface area contributed by atoms with Gasteiger partial charge in [-0.3, -0.25) is 14.7 Å². The maximum atomic E-state index is 12.2. The molecule has 2 aromatic rings. The Balaban J connectivity index is 1.27. The van der Waals surface area contributed by atoms with E-state index >= 15 is 0 Å². The van der Waals surface area contributed by atoms with Crippen LogP contribution in [0.2, 0.25) is 0 Å².